The van der Waals surface area contributed by atoms with E-state index >= 15 is 0 Å². The van der Waals surface area contributed by atoms with Crippen LogP contribution in [0.4, 0.5) is 5.69 Å². The second-order valence-corrected chi connectivity index (χ2v) is 5.65. The van der Waals surface area contributed by atoms with Gasteiger partial charge in [0.25, 0.3) is 5.69 Å². The molecule has 1 atom stereocenters. The van der Waals surface area contributed by atoms with Crippen molar-refractivity contribution in [3.63, 3.8) is 0 Å². The van der Waals surface area contributed by atoms with Crippen LogP contribution >= 0.6 is 0 Å². The van der Waals surface area contributed by atoms with Gasteiger partial charge in [-0.15, -0.1) is 0 Å². The van der Waals surface area contributed by atoms with Crippen molar-refractivity contribution in [3.8, 4) is 0 Å². The average Bonchev–Trinajstić information content (AvgIpc) is 2.38. The highest BCUT2D eigenvalue weighted by atomic mass is 32.2. The van der Waals surface area contributed by atoms with E-state index in [4.69, 9.17) is 10.8 Å². The summed E-state index contributed by atoms with van der Waals surface area (Å²) in [5.74, 6) is -1.22. The lowest BCUT2D eigenvalue weighted by molar-refractivity contribution is -0.384. The van der Waals surface area contributed by atoms with Crippen LogP contribution in [-0.4, -0.2) is 37.0 Å². The molecule has 0 aliphatic heterocycles. The molecule has 0 bridgehead atoms. The molecule has 4 N–H and O–H groups in total. The molecule has 1 rings (SSSR count). The fourth-order valence-electron chi connectivity index (χ4n) is 1.30. The predicted octanol–water partition coefficient (Wildman–Crippen LogP) is -0.325. The van der Waals surface area contributed by atoms with Gasteiger partial charge in [-0.1, -0.05) is 0 Å². The summed E-state index contributed by atoms with van der Waals surface area (Å²) in [5.41, 5.74) is 5.00. The van der Waals surface area contributed by atoms with Gasteiger partial charge in [0.15, 0.2) is 0 Å². The van der Waals surface area contributed by atoms with Gasteiger partial charge in [0, 0.05) is 18.7 Å². The molecule has 0 heterocycles. The van der Waals surface area contributed by atoms with E-state index in [2.05, 4.69) is 4.72 Å². The summed E-state index contributed by atoms with van der Waals surface area (Å²) in [7, 11) is -3.85. The molecule has 0 unspecified atom stereocenters. The van der Waals surface area contributed by atoms with Gasteiger partial charge in [0.05, 0.1) is 9.82 Å². The number of nitro groups is 1. The van der Waals surface area contributed by atoms with Gasteiger partial charge in [0.2, 0.25) is 10.0 Å². The molecule has 1 aromatic rings. The zero-order valence-electron chi connectivity index (χ0n) is 10.2. The highest BCUT2D eigenvalue weighted by Crippen LogP contribution is 2.15. The van der Waals surface area contributed by atoms with Crippen molar-refractivity contribution in [2.24, 2.45) is 5.73 Å². The summed E-state index contributed by atoms with van der Waals surface area (Å²) in [6, 6.07) is 3.17. The molecule has 1 aromatic carbocycles. The SMILES string of the molecule is N[C@H](CCNS(=O)(=O)c1ccc([N+](=O)[O-])cc1)C(=O)O. The van der Waals surface area contributed by atoms with Crippen LogP contribution < -0.4 is 10.5 Å². The number of hydrogen-bond donors (Lipinski definition) is 3. The smallest absolute Gasteiger partial charge is 0.320 e. The molecule has 10 heteroatoms. The zero-order valence-corrected chi connectivity index (χ0v) is 11.0. The van der Waals surface area contributed by atoms with Crippen molar-refractivity contribution in [1.29, 1.82) is 0 Å². The number of carbonyl (C=O) groups is 1. The van der Waals surface area contributed by atoms with Crippen LogP contribution in [0.3, 0.4) is 0 Å². The van der Waals surface area contributed by atoms with Crippen LogP contribution in [0.25, 0.3) is 0 Å². The number of benzene rings is 1. The minimum Gasteiger partial charge on any atom is -0.480 e. The van der Waals surface area contributed by atoms with Gasteiger partial charge >= 0.3 is 5.97 Å². The Morgan fingerprint density at radius 3 is 2.40 bits per heavy atom. The van der Waals surface area contributed by atoms with Crippen molar-refractivity contribution in [2.45, 2.75) is 17.4 Å². The summed E-state index contributed by atoms with van der Waals surface area (Å²) in [6.07, 6.45) is -0.0679. The Morgan fingerprint density at radius 1 is 1.40 bits per heavy atom. The molecule has 9 nitrogen and oxygen atoms in total. The van der Waals surface area contributed by atoms with Gasteiger partial charge in [-0.05, 0) is 18.6 Å². The van der Waals surface area contributed by atoms with Crippen molar-refractivity contribution >= 4 is 21.7 Å². The first kappa shape index (κ1) is 16.0. The topological polar surface area (TPSA) is 153 Å². The maximum atomic E-state index is 11.8. The minimum absolute atomic E-state index is 0.0679. The first-order valence-electron chi connectivity index (χ1n) is 5.46. The van der Waals surface area contributed by atoms with Gasteiger partial charge in [-0.2, -0.15) is 0 Å². The molecule has 20 heavy (non-hydrogen) atoms. The fourth-order valence-corrected chi connectivity index (χ4v) is 2.35. The molecule has 0 amide bonds. The zero-order chi connectivity index (χ0) is 15.3. The van der Waals surface area contributed by atoms with Crippen molar-refractivity contribution in [3.05, 3.63) is 34.4 Å². The lowest BCUT2D eigenvalue weighted by Gasteiger charge is -2.08. The van der Waals surface area contributed by atoms with Crippen LogP contribution in [-0.2, 0) is 14.8 Å². The maximum Gasteiger partial charge on any atom is 0.320 e. The van der Waals surface area contributed by atoms with E-state index in [1.807, 2.05) is 0 Å². The van der Waals surface area contributed by atoms with Crippen molar-refractivity contribution in [2.75, 3.05) is 6.54 Å². The van der Waals surface area contributed by atoms with Crippen molar-refractivity contribution < 1.29 is 23.2 Å². The highest BCUT2D eigenvalue weighted by molar-refractivity contribution is 7.89. The second-order valence-electron chi connectivity index (χ2n) is 3.88. The Morgan fingerprint density at radius 2 is 1.95 bits per heavy atom. The summed E-state index contributed by atoms with van der Waals surface area (Å²) >= 11 is 0. The summed E-state index contributed by atoms with van der Waals surface area (Å²) < 4.78 is 25.8. The van der Waals surface area contributed by atoms with Gasteiger partial charge in [0.1, 0.15) is 6.04 Å². The molecule has 0 aliphatic rings. The maximum absolute atomic E-state index is 11.8. The number of aliphatic carboxylic acids is 1. The Labute approximate surface area is 114 Å². The number of nitrogens with two attached hydrogens (primary N) is 1. The van der Waals surface area contributed by atoms with E-state index in [0.717, 1.165) is 24.3 Å². The lowest BCUT2D eigenvalue weighted by atomic mass is 10.2. The van der Waals surface area contributed by atoms with Crippen LogP contribution in [0.2, 0.25) is 0 Å². The van der Waals surface area contributed by atoms with Gasteiger partial charge in [-0.25, -0.2) is 13.1 Å². The van der Waals surface area contributed by atoms with Crippen molar-refractivity contribution in [1.82, 2.24) is 4.72 Å². The fraction of sp³-hybridized carbons (Fsp3) is 0.300. The highest BCUT2D eigenvalue weighted by Gasteiger charge is 2.17. The normalized spacial score (nSPS) is 12.8. The summed E-state index contributed by atoms with van der Waals surface area (Å²) in [5, 5.41) is 19.0. The molecule has 0 radical (unpaired) electrons. The molecule has 0 saturated heterocycles. The number of nitrogens with zero attached hydrogens (tertiary/aromatic N) is 1. The Bertz CT molecular complexity index is 598. The summed E-state index contributed by atoms with van der Waals surface area (Å²) in [4.78, 5) is 20.1. The Balaban J connectivity index is 2.69. The Hall–Kier alpha value is -2.04. The summed E-state index contributed by atoms with van der Waals surface area (Å²) in [6.45, 7) is -0.146. The number of hydrogen-bond acceptors (Lipinski definition) is 6. The average molecular weight is 303 g/mol. The molecule has 0 aromatic heterocycles. The monoisotopic (exact) mass is 303 g/mol. The molecular formula is C10H13N3O6S. The number of nitro benzene ring substituents is 1. The Kier molecular flexibility index (Phi) is 5.13. The number of carboxylic acid groups (broad SMARTS) is 1. The van der Waals surface area contributed by atoms with Crippen LogP contribution in [0.5, 0.6) is 0 Å². The van der Waals surface area contributed by atoms with E-state index in [1.54, 1.807) is 0 Å². The quantitative estimate of drug-likeness (QED) is 0.460. The van der Waals surface area contributed by atoms with Crippen LogP contribution in [0.15, 0.2) is 29.2 Å². The number of nitrogens with one attached hydrogen (secondary N) is 1. The molecule has 0 spiro atoms. The molecular weight excluding hydrogens is 290 g/mol. The van der Waals surface area contributed by atoms with Crippen LogP contribution in [0, 0.1) is 10.1 Å². The lowest BCUT2D eigenvalue weighted by Crippen LogP contribution is -2.35. The number of rotatable bonds is 7. The predicted molar refractivity (Wildman–Crippen MR) is 68.5 cm³/mol. The number of non-ortho nitro benzene ring substituents is 1. The number of carboxylic acids is 1. The third kappa shape index (κ3) is 4.26. The van der Waals surface area contributed by atoms with E-state index in [-0.39, 0.29) is 23.5 Å². The molecule has 0 saturated carbocycles. The third-order valence-electron chi connectivity index (χ3n) is 2.42. The first-order chi connectivity index (χ1) is 9.24. The largest absolute Gasteiger partial charge is 0.480 e. The molecule has 0 aliphatic carbocycles. The third-order valence-corrected chi connectivity index (χ3v) is 3.90. The van der Waals surface area contributed by atoms with Gasteiger partial charge < -0.3 is 10.8 Å². The number of sulfonamides is 1. The standard InChI is InChI=1S/C10H13N3O6S/c11-9(10(14)15)5-6-12-20(18,19)8-3-1-7(2-4-8)13(16)17/h1-4,9,12H,5-6,11H2,(H,14,15)/t9-/m1/s1. The van der Waals surface area contributed by atoms with E-state index < -0.39 is 27.0 Å². The van der Waals surface area contributed by atoms with Gasteiger partial charge in [-0.3, -0.25) is 14.9 Å². The first-order valence-corrected chi connectivity index (χ1v) is 6.95. The van der Waals surface area contributed by atoms with Crippen LogP contribution in [0.1, 0.15) is 6.42 Å². The molecule has 110 valence electrons. The van der Waals surface area contributed by atoms with E-state index in [9.17, 15) is 23.3 Å². The minimum atomic E-state index is -3.85. The second kappa shape index (κ2) is 6.41. The molecule has 0 fully saturated rings. The van der Waals surface area contributed by atoms with E-state index in [1.165, 1.54) is 0 Å². The van der Waals surface area contributed by atoms with E-state index in [0.29, 0.717) is 0 Å².